The molecule has 0 saturated heterocycles. The molecule has 4 nitrogen and oxygen atoms in total. The van der Waals surface area contributed by atoms with Gasteiger partial charge in [0.05, 0.1) is 5.41 Å². The van der Waals surface area contributed by atoms with E-state index in [0.29, 0.717) is 0 Å². The second-order valence-electron chi connectivity index (χ2n) is 3.16. The summed E-state index contributed by atoms with van der Waals surface area (Å²) >= 11 is 5.23. The number of nitrogens with two attached hydrogens (primary N) is 1. The van der Waals surface area contributed by atoms with Gasteiger partial charge < -0.3 is 11.1 Å². The van der Waals surface area contributed by atoms with Gasteiger partial charge in [0.25, 0.3) is 0 Å². The lowest BCUT2D eigenvalue weighted by Gasteiger charge is -2.20. The molecule has 0 aliphatic rings. The molecule has 0 fully saturated rings. The van der Waals surface area contributed by atoms with Crippen LogP contribution < -0.4 is 11.1 Å². The average Bonchev–Trinajstić information content (AvgIpc) is 2.00. The fourth-order valence-electron chi connectivity index (χ4n) is 0.454. The molecule has 0 aromatic rings. The molecule has 0 atom stereocenters. The minimum absolute atomic E-state index is 0.102. The van der Waals surface area contributed by atoms with E-state index >= 15 is 0 Å². The number of hydrogen-bond donors (Lipinski definition) is 2. The molecule has 0 saturated carbocycles. The Morgan fingerprint density at radius 1 is 1.50 bits per heavy atom. The van der Waals surface area contributed by atoms with Gasteiger partial charge in [-0.15, -0.1) is 11.6 Å². The van der Waals surface area contributed by atoms with Crippen LogP contribution in [-0.4, -0.2) is 24.2 Å². The second kappa shape index (κ2) is 4.30. The molecule has 0 heterocycles. The molecule has 0 unspecified atom stereocenters. The van der Waals surface area contributed by atoms with Gasteiger partial charge in [-0.2, -0.15) is 0 Å². The third kappa shape index (κ3) is 3.57. The van der Waals surface area contributed by atoms with Crippen molar-refractivity contribution in [3.05, 3.63) is 0 Å². The third-order valence-electron chi connectivity index (χ3n) is 1.52. The first-order valence-electron chi connectivity index (χ1n) is 3.52. The summed E-state index contributed by atoms with van der Waals surface area (Å²) in [7, 11) is 0. The molecular formula is C7H13ClN2O2. The second-order valence-corrected chi connectivity index (χ2v) is 3.43. The number of alkyl halides is 1. The van der Waals surface area contributed by atoms with Crippen molar-refractivity contribution in [1.29, 1.82) is 0 Å². The van der Waals surface area contributed by atoms with Crippen LogP contribution in [-0.2, 0) is 9.59 Å². The van der Waals surface area contributed by atoms with E-state index in [2.05, 4.69) is 5.32 Å². The van der Waals surface area contributed by atoms with Crippen LogP contribution >= 0.6 is 11.6 Å². The summed E-state index contributed by atoms with van der Waals surface area (Å²) in [4.78, 5) is 21.4. The van der Waals surface area contributed by atoms with Crippen LogP contribution in [0.25, 0.3) is 0 Å². The predicted molar refractivity (Wildman–Crippen MR) is 46.7 cm³/mol. The van der Waals surface area contributed by atoms with Crippen molar-refractivity contribution in [3.63, 3.8) is 0 Å². The fourth-order valence-corrected chi connectivity index (χ4v) is 0.548. The van der Waals surface area contributed by atoms with Gasteiger partial charge in [-0.3, -0.25) is 9.59 Å². The Labute approximate surface area is 76.4 Å². The molecule has 0 aliphatic heterocycles. The van der Waals surface area contributed by atoms with Crippen LogP contribution in [0.15, 0.2) is 0 Å². The molecule has 0 aromatic carbocycles. The molecule has 0 radical (unpaired) electrons. The van der Waals surface area contributed by atoms with Crippen molar-refractivity contribution >= 4 is 23.4 Å². The maximum atomic E-state index is 10.8. The predicted octanol–water partition coefficient (Wildman–Crippen LogP) is -0.147. The molecule has 0 aromatic heterocycles. The van der Waals surface area contributed by atoms with Gasteiger partial charge in [-0.25, -0.2) is 0 Å². The number of halogens is 1. The van der Waals surface area contributed by atoms with Gasteiger partial charge in [0.1, 0.15) is 5.88 Å². The van der Waals surface area contributed by atoms with Crippen molar-refractivity contribution in [2.24, 2.45) is 11.1 Å². The molecule has 0 bridgehead atoms. The lowest BCUT2D eigenvalue weighted by atomic mass is 9.93. The molecule has 12 heavy (non-hydrogen) atoms. The molecule has 0 rings (SSSR count). The highest BCUT2D eigenvalue weighted by atomic mass is 35.5. The van der Waals surface area contributed by atoms with E-state index in [9.17, 15) is 9.59 Å². The Hall–Kier alpha value is -0.770. The summed E-state index contributed by atoms with van der Waals surface area (Å²) in [6, 6.07) is 0. The Morgan fingerprint density at radius 3 is 2.33 bits per heavy atom. The maximum Gasteiger partial charge on any atom is 0.234 e. The number of hydrogen-bond acceptors (Lipinski definition) is 2. The van der Waals surface area contributed by atoms with Gasteiger partial charge in [-0.05, 0) is 13.8 Å². The Kier molecular flexibility index (Phi) is 4.03. The number of nitrogens with one attached hydrogen (secondary N) is 1. The zero-order chi connectivity index (χ0) is 9.78. The van der Waals surface area contributed by atoms with Crippen LogP contribution in [0.3, 0.4) is 0 Å². The van der Waals surface area contributed by atoms with E-state index in [-0.39, 0.29) is 18.3 Å². The van der Waals surface area contributed by atoms with E-state index in [0.717, 1.165) is 0 Å². The molecular weight excluding hydrogens is 180 g/mol. The number of primary amides is 1. The van der Waals surface area contributed by atoms with Gasteiger partial charge >= 0.3 is 0 Å². The molecule has 70 valence electrons. The summed E-state index contributed by atoms with van der Waals surface area (Å²) in [6.07, 6.45) is 0. The Morgan fingerprint density at radius 2 is 2.00 bits per heavy atom. The van der Waals surface area contributed by atoms with Gasteiger partial charge in [0, 0.05) is 6.54 Å². The van der Waals surface area contributed by atoms with Crippen molar-refractivity contribution in [3.8, 4) is 0 Å². The van der Waals surface area contributed by atoms with Crippen LogP contribution in [0.4, 0.5) is 0 Å². The number of rotatable bonds is 4. The quantitative estimate of drug-likeness (QED) is 0.609. The lowest BCUT2D eigenvalue weighted by Crippen LogP contribution is -2.42. The van der Waals surface area contributed by atoms with Gasteiger partial charge in [0.15, 0.2) is 0 Å². The van der Waals surface area contributed by atoms with E-state index in [1.54, 1.807) is 13.8 Å². The summed E-state index contributed by atoms with van der Waals surface area (Å²) in [5.74, 6) is -0.849. The SMILES string of the molecule is CC(C)(CNC(=O)CCl)C(N)=O. The van der Waals surface area contributed by atoms with E-state index in [1.807, 2.05) is 0 Å². The van der Waals surface area contributed by atoms with Crippen LogP contribution in [0.1, 0.15) is 13.8 Å². The topological polar surface area (TPSA) is 72.2 Å². The molecule has 3 N–H and O–H groups in total. The van der Waals surface area contributed by atoms with E-state index < -0.39 is 11.3 Å². The first kappa shape index (κ1) is 11.2. The lowest BCUT2D eigenvalue weighted by molar-refractivity contribution is -0.126. The van der Waals surface area contributed by atoms with Gasteiger partial charge in [-0.1, -0.05) is 0 Å². The minimum atomic E-state index is -0.721. The number of amides is 2. The zero-order valence-electron chi connectivity index (χ0n) is 7.19. The Balaban J connectivity index is 3.92. The first-order valence-corrected chi connectivity index (χ1v) is 4.06. The van der Waals surface area contributed by atoms with E-state index in [4.69, 9.17) is 17.3 Å². The standard InChI is InChI=1S/C7H13ClN2O2/c1-7(2,6(9)12)4-10-5(11)3-8/h3-4H2,1-2H3,(H2,9,12)(H,10,11). The highest BCUT2D eigenvalue weighted by molar-refractivity contribution is 6.27. The van der Waals surface area contributed by atoms with Crippen LogP contribution in [0, 0.1) is 5.41 Å². The zero-order valence-corrected chi connectivity index (χ0v) is 7.94. The summed E-state index contributed by atoms with van der Waals surface area (Å²) < 4.78 is 0. The monoisotopic (exact) mass is 192 g/mol. The van der Waals surface area contributed by atoms with Crippen LogP contribution in [0.5, 0.6) is 0 Å². The minimum Gasteiger partial charge on any atom is -0.369 e. The Bertz CT molecular complexity index is 192. The van der Waals surface area contributed by atoms with Crippen molar-refractivity contribution in [2.75, 3.05) is 12.4 Å². The highest BCUT2D eigenvalue weighted by Gasteiger charge is 2.24. The van der Waals surface area contributed by atoms with E-state index in [1.165, 1.54) is 0 Å². The van der Waals surface area contributed by atoms with Crippen molar-refractivity contribution in [1.82, 2.24) is 5.32 Å². The summed E-state index contributed by atoms with van der Waals surface area (Å²) in [5.41, 5.74) is 4.35. The van der Waals surface area contributed by atoms with Gasteiger partial charge in [0.2, 0.25) is 11.8 Å². The molecule has 0 aliphatic carbocycles. The molecule has 0 spiro atoms. The average molecular weight is 193 g/mol. The first-order chi connectivity index (χ1) is 5.40. The molecule has 5 heteroatoms. The smallest absolute Gasteiger partial charge is 0.234 e. The highest BCUT2D eigenvalue weighted by Crippen LogP contribution is 2.11. The van der Waals surface area contributed by atoms with Crippen molar-refractivity contribution in [2.45, 2.75) is 13.8 Å². The largest absolute Gasteiger partial charge is 0.369 e. The fraction of sp³-hybridized carbons (Fsp3) is 0.714. The maximum absolute atomic E-state index is 10.8. The normalized spacial score (nSPS) is 10.9. The molecule has 2 amide bonds. The summed E-state index contributed by atoms with van der Waals surface area (Å²) in [5, 5.41) is 2.48. The van der Waals surface area contributed by atoms with Crippen LogP contribution in [0.2, 0.25) is 0 Å². The number of carbonyl (C=O) groups excluding carboxylic acids is 2. The third-order valence-corrected chi connectivity index (χ3v) is 1.76. The van der Waals surface area contributed by atoms with Crippen molar-refractivity contribution < 1.29 is 9.59 Å². The number of carbonyl (C=O) groups is 2. The summed E-state index contributed by atoms with van der Waals surface area (Å²) in [6.45, 7) is 3.53.